The van der Waals surface area contributed by atoms with Crippen LogP contribution in [0.5, 0.6) is 0 Å². The Hall–Kier alpha value is -1.06. The summed E-state index contributed by atoms with van der Waals surface area (Å²) in [6, 6.07) is 8.50. The van der Waals surface area contributed by atoms with E-state index in [1.165, 1.54) is 18.4 Å². The van der Waals surface area contributed by atoms with Crippen molar-refractivity contribution in [3.63, 3.8) is 0 Å². The Morgan fingerprint density at radius 1 is 1.47 bits per heavy atom. The van der Waals surface area contributed by atoms with Crippen molar-refractivity contribution >= 4 is 5.69 Å². The molecule has 3 N–H and O–H groups in total. The van der Waals surface area contributed by atoms with Crippen LogP contribution < -0.4 is 5.73 Å². The van der Waals surface area contributed by atoms with Gasteiger partial charge in [-0.05, 0) is 37.0 Å². The highest BCUT2D eigenvalue weighted by Gasteiger charge is 2.23. The molecule has 1 aromatic rings. The Morgan fingerprint density at radius 2 is 2.33 bits per heavy atom. The van der Waals surface area contributed by atoms with Crippen LogP contribution in [0.1, 0.15) is 18.4 Å². The first-order valence-corrected chi connectivity index (χ1v) is 5.49. The van der Waals surface area contributed by atoms with Gasteiger partial charge in [0.1, 0.15) is 0 Å². The standard InChI is InChI=1S/C12H18N2O/c13-11-4-1-3-10(7-11)8-12-5-2-6-14(12)9-15/h1,3-4,7,12,15H,2,5-6,8-9,13H2/t12-/m0/s1. The highest BCUT2D eigenvalue weighted by atomic mass is 16.3. The third kappa shape index (κ3) is 2.49. The molecule has 0 unspecified atom stereocenters. The summed E-state index contributed by atoms with van der Waals surface area (Å²) in [4.78, 5) is 2.13. The first-order valence-electron chi connectivity index (χ1n) is 5.49. The molecule has 1 fully saturated rings. The molecule has 0 saturated carbocycles. The van der Waals surface area contributed by atoms with Crippen LogP contribution in [0.2, 0.25) is 0 Å². The normalized spacial score (nSPS) is 22.1. The number of aliphatic hydroxyl groups is 1. The van der Waals surface area contributed by atoms with E-state index in [2.05, 4.69) is 11.0 Å². The van der Waals surface area contributed by atoms with Crippen molar-refractivity contribution in [3.05, 3.63) is 29.8 Å². The number of nitrogen functional groups attached to an aromatic ring is 1. The molecular formula is C12H18N2O. The van der Waals surface area contributed by atoms with Gasteiger partial charge < -0.3 is 10.8 Å². The Morgan fingerprint density at radius 3 is 3.07 bits per heavy atom. The van der Waals surface area contributed by atoms with Crippen LogP contribution >= 0.6 is 0 Å². The van der Waals surface area contributed by atoms with Gasteiger partial charge in [-0.3, -0.25) is 4.90 Å². The molecule has 0 spiro atoms. The molecule has 1 aromatic carbocycles. The average molecular weight is 206 g/mol. The smallest absolute Gasteiger partial charge is 0.0959 e. The molecule has 0 radical (unpaired) electrons. The number of aliphatic hydroxyl groups excluding tert-OH is 1. The molecule has 1 saturated heterocycles. The number of anilines is 1. The topological polar surface area (TPSA) is 49.5 Å². The molecule has 2 rings (SSSR count). The number of rotatable bonds is 3. The van der Waals surface area contributed by atoms with Crippen LogP contribution in [0, 0.1) is 0 Å². The van der Waals surface area contributed by atoms with Gasteiger partial charge in [0, 0.05) is 18.3 Å². The molecule has 1 heterocycles. The van der Waals surface area contributed by atoms with E-state index in [1.54, 1.807) is 0 Å². The molecule has 0 aliphatic carbocycles. The van der Waals surface area contributed by atoms with Crippen LogP contribution in [0.25, 0.3) is 0 Å². The number of nitrogens with zero attached hydrogens (tertiary/aromatic N) is 1. The van der Waals surface area contributed by atoms with Gasteiger partial charge in [-0.25, -0.2) is 0 Å². The summed E-state index contributed by atoms with van der Waals surface area (Å²) in [6.07, 6.45) is 3.36. The molecule has 0 bridgehead atoms. The zero-order valence-corrected chi connectivity index (χ0v) is 8.89. The highest BCUT2D eigenvalue weighted by Crippen LogP contribution is 2.21. The lowest BCUT2D eigenvalue weighted by Crippen LogP contribution is -2.31. The third-order valence-corrected chi connectivity index (χ3v) is 3.10. The van der Waals surface area contributed by atoms with E-state index in [4.69, 9.17) is 5.73 Å². The maximum atomic E-state index is 9.17. The van der Waals surface area contributed by atoms with E-state index in [9.17, 15) is 5.11 Å². The van der Waals surface area contributed by atoms with E-state index in [-0.39, 0.29) is 6.73 Å². The predicted octanol–water partition coefficient (Wildman–Crippen LogP) is 1.23. The monoisotopic (exact) mass is 206 g/mol. The molecular weight excluding hydrogens is 188 g/mol. The van der Waals surface area contributed by atoms with Crippen LogP contribution in [-0.2, 0) is 6.42 Å². The van der Waals surface area contributed by atoms with Crippen LogP contribution in [-0.4, -0.2) is 29.3 Å². The second-order valence-electron chi connectivity index (χ2n) is 4.20. The van der Waals surface area contributed by atoms with Gasteiger partial charge >= 0.3 is 0 Å². The molecule has 1 aliphatic rings. The molecule has 82 valence electrons. The van der Waals surface area contributed by atoms with E-state index in [0.717, 1.165) is 18.7 Å². The SMILES string of the molecule is Nc1cccc(C[C@@H]2CCCN2CO)c1. The van der Waals surface area contributed by atoms with Crippen molar-refractivity contribution < 1.29 is 5.11 Å². The van der Waals surface area contributed by atoms with Crippen molar-refractivity contribution in [2.45, 2.75) is 25.3 Å². The molecule has 15 heavy (non-hydrogen) atoms. The molecule has 1 aliphatic heterocycles. The van der Waals surface area contributed by atoms with Gasteiger partial charge in [-0.1, -0.05) is 12.1 Å². The molecule has 3 heteroatoms. The van der Waals surface area contributed by atoms with E-state index >= 15 is 0 Å². The predicted molar refractivity (Wildman–Crippen MR) is 61.4 cm³/mol. The van der Waals surface area contributed by atoms with E-state index in [0.29, 0.717) is 6.04 Å². The van der Waals surface area contributed by atoms with Gasteiger partial charge in [0.15, 0.2) is 0 Å². The first-order chi connectivity index (χ1) is 7.29. The second-order valence-corrected chi connectivity index (χ2v) is 4.20. The largest absolute Gasteiger partial charge is 0.399 e. The number of hydrogen-bond acceptors (Lipinski definition) is 3. The fourth-order valence-corrected chi connectivity index (χ4v) is 2.30. The Bertz CT molecular complexity index is 327. The van der Waals surface area contributed by atoms with Crippen molar-refractivity contribution in [1.29, 1.82) is 0 Å². The fourth-order valence-electron chi connectivity index (χ4n) is 2.30. The lowest BCUT2D eigenvalue weighted by atomic mass is 10.0. The summed E-state index contributed by atoms with van der Waals surface area (Å²) in [5.41, 5.74) is 7.82. The summed E-state index contributed by atoms with van der Waals surface area (Å²) in [5, 5.41) is 9.17. The van der Waals surface area contributed by atoms with Crippen molar-refractivity contribution in [3.8, 4) is 0 Å². The molecule has 3 nitrogen and oxygen atoms in total. The molecule has 1 atom stereocenters. The van der Waals surface area contributed by atoms with Crippen molar-refractivity contribution in [2.75, 3.05) is 19.0 Å². The quantitative estimate of drug-likeness (QED) is 0.731. The minimum absolute atomic E-state index is 0.174. The summed E-state index contributed by atoms with van der Waals surface area (Å²) in [6.45, 7) is 1.19. The van der Waals surface area contributed by atoms with Gasteiger partial charge in [0.2, 0.25) is 0 Å². The number of benzene rings is 1. The fraction of sp³-hybridized carbons (Fsp3) is 0.500. The van der Waals surface area contributed by atoms with Gasteiger partial charge in [0.05, 0.1) is 6.73 Å². The second kappa shape index (κ2) is 4.64. The number of nitrogens with two attached hydrogens (primary N) is 1. The van der Waals surface area contributed by atoms with Gasteiger partial charge in [0.25, 0.3) is 0 Å². The number of hydrogen-bond donors (Lipinski definition) is 2. The van der Waals surface area contributed by atoms with Gasteiger partial charge in [-0.15, -0.1) is 0 Å². The van der Waals surface area contributed by atoms with Crippen LogP contribution in [0.3, 0.4) is 0 Å². The van der Waals surface area contributed by atoms with E-state index in [1.807, 2.05) is 18.2 Å². The van der Waals surface area contributed by atoms with Crippen LogP contribution in [0.4, 0.5) is 5.69 Å². The lowest BCUT2D eigenvalue weighted by Gasteiger charge is -2.21. The average Bonchev–Trinajstić information content (AvgIpc) is 2.65. The highest BCUT2D eigenvalue weighted by molar-refractivity contribution is 5.40. The Balaban J connectivity index is 2.02. The molecule has 0 aromatic heterocycles. The Labute approximate surface area is 90.5 Å². The van der Waals surface area contributed by atoms with Gasteiger partial charge in [-0.2, -0.15) is 0 Å². The zero-order chi connectivity index (χ0) is 10.7. The maximum absolute atomic E-state index is 9.17. The maximum Gasteiger partial charge on any atom is 0.0959 e. The zero-order valence-electron chi connectivity index (χ0n) is 8.89. The summed E-state index contributed by atoms with van der Waals surface area (Å²) in [5.74, 6) is 0. The van der Waals surface area contributed by atoms with E-state index < -0.39 is 0 Å². The van der Waals surface area contributed by atoms with Crippen LogP contribution in [0.15, 0.2) is 24.3 Å². The lowest BCUT2D eigenvalue weighted by molar-refractivity contribution is 0.0963. The third-order valence-electron chi connectivity index (χ3n) is 3.10. The number of likely N-dealkylation sites (tertiary alicyclic amines) is 1. The minimum Gasteiger partial charge on any atom is -0.399 e. The summed E-state index contributed by atoms with van der Waals surface area (Å²) >= 11 is 0. The Kier molecular flexibility index (Phi) is 3.23. The summed E-state index contributed by atoms with van der Waals surface area (Å²) in [7, 11) is 0. The summed E-state index contributed by atoms with van der Waals surface area (Å²) < 4.78 is 0. The first kappa shape index (κ1) is 10.5. The van der Waals surface area contributed by atoms with Crippen molar-refractivity contribution in [1.82, 2.24) is 4.90 Å². The van der Waals surface area contributed by atoms with Crippen molar-refractivity contribution in [2.24, 2.45) is 0 Å². The molecule has 0 amide bonds. The minimum atomic E-state index is 0.174.